The number of aromatic nitrogens is 2. The Balaban J connectivity index is 1.93. The minimum absolute atomic E-state index is 0.00638. The molecule has 146 valence electrons. The molecule has 0 radical (unpaired) electrons. The van der Waals surface area contributed by atoms with Crippen LogP contribution in [0.4, 0.5) is 0 Å². The summed E-state index contributed by atoms with van der Waals surface area (Å²) in [6.07, 6.45) is 10.0. The van der Waals surface area contributed by atoms with Gasteiger partial charge < -0.3 is 15.2 Å². The van der Waals surface area contributed by atoms with Gasteiger partial charge in [-0.3, -0.25) is 9.59 Å². The number of amides is 2. The molecule has 0 atom stereocenters. The largest absolute Gasteiger partial charge is 0.356 e. The second-order valence-electron chi connectivity index (χ2n) is 7.25. The van der Waals surface area contributed by atoms with Crippen LogP contribution in [0.1, 0.15) is 89.8 Å². The summed E-state index contributed by atoms with van der Waals surface area (Å²) >= 11 is 0. The Bertz CT molecular complexity index is 577. The van der Waals surface area contributed by atoms with Crippen LogP contribution < -0.4 is 10.6 Å². The number of carbonyl (C=O) groups is 2. The van der Waals surface area contributed by atoms with Crippen LogP contribution in [0.2, 0.25) is 0 Å². The molecule has 7 nitrogen and oxygen atoms in total. The molecule has 0 unspecified atom stereocenters. The van der Waals surface area contributed by atoms with E-state index in [4.69, 9.17) is 4.52 Å². The lowest BCUT2D eigenvalue weighted by Gasteiger charge is -2.30. The summed E-state index contributed by atoms with van der Waals surface area (Å²) in [6.45, 7) is 4.38. The summed E-state index contributed by atoms with van der Waals surface area (Å²) in [7, 11) is 0. The summed E-state index contributed by atoms with van der Waals surface area (Å²) in [4.78, 5) is 28.1. The molecule has 0 saturated heterocycles. The Kier molecular flexibility index (Phi) is 8.06. The first-order valence-electron chi connectivity index (χ1n) is 9.94. The molecule has 0 spiro atoms. The predicted octanol–water partition coefficient (Wildman–Crippen LogP) is 2.99. The maximum atomic E-state index is 11.9. The highest BCUT2D eigenvalue weighted by molar-refractivity contribution is 5.76. The van der Waals surface area contributed by atoms with Gasteiger partial charge in [0.2, 0.25) is 17.7 Å². The molecule has 1 aliphatic carbocycles. The number of aryl methyl sites for hydroxylation is 1. The lowest BCUT2D eigenvalue weighted by molar-refractivity contribution is -0.122. The molecule has 2 amide bonds. The van der Waals surface area contributed by atoms with Crippen LogP contribution in [0.25, 0.3) is 0 Å². The van der Waals surface area contributed by atoms with Crippen molar-refractivity contribution in [2.24, 2.45) is 0 Å². The van der Waals surface area contributed by atoms with E-state index in [2.05, 4.69) is 27.7 Å². The van der Waals surface area contributed by atoms with Gasteiger partial charge >= 0.3 is 0 Å². The fourth-order valence-electron chi connectivity index (χ4n) is 3.54. The van der Waals surface area contributed by atoms with Gasteiger partial charge in [0.05, 0.1) is 0 Å². The molecular formula is C19H32N4O3. The topological polar surface area (TPSA) is 97.1 Å². The highest BCUT2D eigenvalue weighted by Crippen LogP contribution is 2.34. The third kappa shape index (κ3) is 6.11. The van der Waals surface area contributed by atoms with E-state index in [1.54, 1.807) is 0 Å². The van der Waals surface area contributed by atoms with E-state index in [0.717, 1.165) is 57.8 Å². The SMILES string of the molecule is CCCCCNC(=O)CCc1nc(C2(NC(C)=O)CCCCCC2)no1. The van der Waals surface area contributed by atoms with Crippen molar-refractivity contribution in [3.8, 4) is 0 Å². The Hall–Kier alpha value is -1.92. The Morgan fingerprint density at radius 1 is 1.15 bits per heavy atom. The number of hydrogen-bond acceptors (Lipinski definition) is 5. The zero-order chi connectivity index (χ0) is 18.8. The highest BCUT2D eigenvalue weighted by atomic mass is 16.5. The zero-order valence-corrected chi connectivity index (χ0v) is 16.1. The summed E-state index contributed by atoms with van der Waals surface area (Å²) in [5.74, 6) is 0.933. The normalized spacial score (nSPS) is 16.7. The Labute approximate surface area is 155 Å². The molecule has 0 bridgehead atoms. The summed E-state index contributed by atoms with van der Waals surface area (Å²) in [5.41, 5.74) is -0.535. The second kappa shape index (κ2) is 10.3. The Morgan fingerprint density at radius 2 is 1.88 bits per heavy atom. The van der Waals surface area contributed by atoms with Gasteiger partial charge in [-0.15, -0.1) is 0 Å². The predicted molar refractivity (Wildman–Crippen MR) is 98.4 cm³/mol. The smallest absolute Gasteiger partial charge is 0.227 e. The maximum Gasteiger partial charge on any atom is 0.227 e. The number of unbranched alkanes of at least 4 members (excludes halogenated alkanes) is 2. The van der Waals surface area contributed by atoms with Crippen molar-refractivity contribution >= 4 is 11.8 Å². The molecule has 1 aromatic heterocycles. The van der Waals surface area contributed by atoms with Gasteiger partial charge in [-0.25, -0.2) is 0 Å². The van der Waals surface area contributed by atoms with Crippen molar-refractivity contribution in [2.45, 2.75) is 90.0 Å². The molecule has 1 aliphatic rings. The Morgan fingerprint density at radius 3 is 2.54 bits per heavy atom. The first kappa shape index (κ1) is 20.4. The van der Waals surface area contributed by atoms with E-state index in [1.165, 1.54) is 6.92 Å². The molecule has 1 heterocycles. The number of rotatable bonds is 9. The van der Waals surface area contributed by atoms with Crippen LogP contribution in [-0.4, -0.2) is 28.5 Å². The van der Waals surface area contributed by atoms with E-state index in [1.807, 2.05) is 0 Å². The van der Waals surface area contributed by atoms with E-state index in [0.29, 0.717) is 31.1 Å². The van der Waals surface area contributed by atoms with Crippen LogP contribution in [0, 0.1) is 0 Å². The average molecular weight is 364 g/mol. The fourth-order valence-corrected chi connectivity index (χ4v) is 3.54. The lowest BCUT2D eigenvalue weighted by atomic mass is 9.89. The van der Waals surface area contributed by atoms with Crippen molar-refractivity contribution < 1.29 is 14.1 Å². The molecule has 26 heavy (non-hydrogen) atoms. The number of nitrogens with zero attached hydrogens (tertiary/aromatic N) is 2. The van der Waals surface area contributed by atoms with Crippen LogP contribution in [0.3, 0.4) is 0 Å². The third-order valence-corrected chi connectivity index (χ3v) is 4.94. The summed E-state index contributed by atoms with van der Waals surface area (Å²) < 4.78 is 5.37. The van der Waals surface area contributed by atoms with Crippen LogP contribution in [0.15, 0.2) is 4.52 Å². The molecule has 0 aliphatic heterocycles. The van der Waals surface area contributed by atoms with Crippen molar-refractivity contribution in [3.63, 3.8) is 0 Å². The second-order valence-corrected chi connectivity index (χ2v) is 7.25. The minimum atomic E-state index is -0.535. The standard InChI is InChI=1S/C19H32N4O3/c1-3-4-9-14-20-16(25)10-11-17-21-18(23-26-17)19(22-15(2)24)12-7-5-6-8-13-19/h3-14H2,1-2H3,(H,20,25)(H,22,24). The van der Waals surface area contributed by atoms with Crippen LogP contribution in [0.5, 0.6) is 0 Å². The number of carbonyl (C=O) groups excluding carboxylic acids is 2. The third-order valence-electron chi connectivity index (χ3n) is 4.94. The monoisotopic (exact) mass is 364 g/mol. The zero-order valence-electron chi connectivity index (χ0n) is 16.1. The summed E-state index contributed by atoms with van der Waals surface area (Å²) in [6, 6.07) is 0. The van der Waals surface area contributed by atoms with Crippen LogP contribution in [-0.2, 0) is 21.5 Å². The molecule has 1 saturated carbocycles. The molecule has 1 fully saturated rings. The highest BCUT2D eigenvalue weighted by Gasteiger charge is 2.38. The van der Waals surface area contributed by atoms with E-state index >= 15 is 0 Å². The van der Waals surface area contributed by atoms with E-state index in [-0.39, 0.29) is 11.8 Å². The van der Waals surface area contributed by atoms with Crippen molar-refractivity contribution in [3.05, 3.63) is 11.7 Å². The molecule has 2 N–H and O–H groups in total. The number of nitrogens with one attached hydrogen (secondary N) is 2. The lowest BCUT2D eigenvalue weighted by Crippen LogP contribution is -2.45. The summed E-state index contributed by atoms with van der Waals surface area (Å²) in [5, 5.41) is 10.1. The van der Waals surface area contributed by atoms with Crippen LogP contribution >= 0.6 is 0 Å². The molecule has 0 aromatic carbocycles. The first-order valence-corrected chi connectivity index (χ1v) is 9.94. The molecule has 7 heteroatoms. The molecule has 1 aromatic rings. The fraction of sp³-hybridized carbons (Fsp3) is 0.789. The van der Waals surface area contributed by atoms with Crippen molar-refractivity contribution in [2.75, 3.05) is 6.54 Å². The molecular weight excluding hydrogens is 332 g/mol. The van der Waals surface area contributed by atoms with Crippen molar-refractivity contribution in [1.29, 1.82) is 0 Å². The van der Waals surface area contributed by atoms with Gasteiger partial charge in [-0.2, -0.15) is 4.98 Å². The van der Waals surface area contributed by atoms with E-state index < -0.39 is 5.54 Å². The van der Waals surface area contributed by atoms with Gasteiger partial charge in [0, 0.05) is 26.3 Å². The van der Waals surface area contributed by atoms with Crippen molar-refractivity contribution in [1.82, 2.24) is 20.8 Å². The average Bonchev–Trinajstić information content (AvgIpc) is 2.97. The van der Waals surface area contributed by atoms with Gasteiger partial charge in [-0.05, 0) is 19.3 Å². The first-order chi connectivity index (χ1) is 12.6. The van der Waals surface area contributed by atoms with Gasteiger partial charge in [-0.1, -0.05) is 50.6 Å². The van der Waals surface area contributed by atoms with Gasteiger partial charge in [0.15, 0.2) is 5.82 Å². The maximum absolute atomic E-state index is 11.9. The quantitative estimate of drug-likeness (QED) is 0.518. The van der Waals surface area contributed by atoms with Gasteiger partial charge in [0.1, 0.15) is 5.54 Å². The van der Waals surface area contributed by atoms with Gasteiger partial charge in [0.25, 0.3) is 0 Å². The van der Waals surface area contributed by atoms with E-state index in [9.17, 15) is 9.59 Å². The number of hydrogen-bond donors (Lipinski definition) is 2. The molecule has 2 rings (SSSR count). The minimum Gasteiger partial charge on any atom is -0.356 e.